The topological polar surface area (TPSA) is 88.9 Å². The van der Waals surface area contributed by atoms with Crippen molar-refractivity contribution in [1.82, 2.24) is 20.1 Å². The van der Waals surface area contributed by atoms with E-state index in [1.165, 1.54) is 41.0 Å². The number of aromatic nitrogens is 3. The fraction of sp³-hybridized carbons (Fsp3) is 0.120. The van der Waals surface area contributed by atoms with Gasteiger partial charge in [-0.1, -0.05) is 64.8 Å². The average Bonchev–Trinajstić information content (AvgIpc) is 3.30. The Bertz CT molecular complexity index is 1560. The van der Waals surface area contributed by atoms with E-state index >= 15 is 0 Å². The second-order valence-corrected chi connectivity index (χ2v) is 10.2. The Morgan fingerprint density at radius 3 is 2.38 bits per heavy atom. The number of para-hydroxylation sites is 1. The van der Waals surface area contributed by atoms with Gasteiger partial charge in [0.2, 0.25) is 5.91 Å². The molecule has 15 heteroatoms. The van der Waals surface area contributed by atoms with Crippen LogP contribution < -0.4 is 10.6 Å². The normalized spacial score (nSPS) is 11.4. The molecule has 0 saturated heterocycles. The fourth-order valence-electron chi connectivity index (χ4n) is 3.51. The Kier molecular flexibility index (Phi) is 9.24. The number of benzene rings is 3. The van der Waals surface area contributed by atoms with E-state index in [4.69, 9.17) is 34.8 Å². The number of nitrogens with zero attached hydrogens (tertiary/aromatic N) is 3. The van der Waals surface area contributed by atoms with Crippen LogP contribution in [0.25, 0.3) is 5.69 Å². The van der Waals surface area contributed by atoms with Crippen molar-refractivity contribution < 1.29 is 27.2 Å². The van der Waals surface area contributed by atoms with Gasteiger partial charge >= 0.3 is 6.18 Å². The molecule has 1 heterocycles. The number of carbonyl (C=O) groups excluding carboxylic acids is 2. The first-order valence-electron chi connectivity index (χ1n) is 11.2. The molecular formula is C25H16Cl3F4N5O2S. The van der Waals surface area contributed by atoms with Crippen LogP contribution in [0.5, 0.6) is 0 Å². The number of alkyl halides is 3. The van der Waals surface area contributed by atoms with E-state index in [1.54, 1.807) is 6.07 Å². The Morgan fingerprint density at radius 1 is 0.925 bits per heavy atom. The van der Waals surface area contributed by atoms with E-state index in [9.17, 15) is 27.2 Å². The standard InChI is InChI=1S/C25H16Cl3F4N5O2S/c26-15-9-8-13(10-17(15)28)37-20(11-33-23(39)22-16(27)5-3-6-18(22)29)35-36-24(37)40-12-21(38)34-19-7-2-1-4-14(19)25(30,31)32/h1-10H,11-12H2,(H,33,39)(H,34,38). The predicted molar refractivity (Wildman–Crippen MR) is 145 cm³/mol. The summed E-state index contributed by atoms with van der Waals surface area (Å²) >= 11 is 19.0. The number of nitrogens with one attached hydrogen (secondary N) is 2. The van der Waals surface area contributed by atoms with Gasteiger partial charge in [-0.3, -0.25) is 14.2 Å². The van der Waals surface area contributed by atoms with Gasteiger partial charge in [0.15, 0.2) is 11.0 Å². The van der Waals surface area contributed by atoms with Gasteiger partial charge in [0, 0.05) is 0 Å². The van der Waals surface area contributed by atoms with Crippen LogP contribution in [0.2, 0.25) is 15.1 Å². The van der Waals surface area contributed by atoms with Crippen molar-refractivity contribution in [3.8, 4) is 5.69 Å². The Balaban J connectivity index is 1.56. The minimum Gasteiger partial charge on any atom is -0.345 e. The molecule has 0 fully saturated rings. The third-order valence-electron chi connectivity index (χ3n) is 5.30. The fourth-order valence-corrected chi connectivity index (χ4v) is 4.82. The van der Waals surface area contributed by atoms with Crippen LogP contribution in [0.4, 0.5) is 23.2 Å². The second kappa shape index (κ2) is 12.5. The van der Waals surface area contributed by atoms with Crippen LogP contribution in [-0.4, -0.2) is 32.3 Å². The summed E-state index contributed by atoms with van der Waals surface area (Å²) < 4.78 is 55.5. The molecule has 2 amide bonds. The number of anilines is 1. The maximum Gasteiger partial charge on any atom is 0.418 e. The zero-order valence-corrected chi connectivity index (χ0v) is 23.0. The monoisotopic (exact) mass is 631 g/mol. The van der Waals surface area contributed by atoms with Crippen molar-refractivity contribution >= 4 is 64.1 Å². The van der Waals surface area contributed by atoms with Crippen molar-refractivity contribution in [3.63, 3.8) is 0 Å². The molecule has 0 aliphatic carbocycles. The minimum absolute atomic E-state index is 0.0854. The van der Waals surface area contributed by atoms with Crippen molar-refractivity contribution in [3.05, 3.63) is 98.5 Å². The number of thioether (sulfide) groups is 1. The molecule has 4 aromatic rings. The number of carbonyl (C=O) groups is 2. The SMILES string of the molecule is O=C(CSc1nnc(CNC(=O)c2c(F)cccc2Cl)n1-c1ccc(Cl)c(Cl)c1)Nc1ccccc1C(F)(F)F. The molecule has 3 aromatic carbocycles. The molecule has 0 unspecified atom stereocenters. The number of rotatable bonds is 8. The van der Waals surface area contributed by atoms with Crippen molar-refractivity contribution in [2.45, 2.75) is 17.9 Å². The molecule has 0 aliphatic heterocycles. The van der Waals surface area contributed by atoms with E-state index in [-0.39, 0.29) is 49.6 Å². The Morgan fingerprint density at radius 2 is 1.68 bits per heavy atom. The predicted octanol–water partition coefficient (Wildman–Crippen LogP) is 7.05. The maximum atomic E-state index is 14.2. The quantitative estimate of drug-likeness (QED) is 0.161. The first-order valence-corrected chi connectivity index (χ1v) is 13.3. The smallest absolute Gasteiger partial charge is 0.345 e. The molecule has 208 valence electrons. The zero-order valence-electron chi connectivity index (χ0n) is 19.9. The first-order chi connectivity index (χ1) is 19.0. The summed E-state index contributed by atoms with van der Waals surface area (Å²) in [5, 5.41) is 13.4. The van der Waals surface area contributed by atoms with Gasteiger partial charge in [-0.15, -0.1) is 10.2 Å². The number of hydrogen-bond donors (Lipinski definition) is 2. The Labute approximate surface area is 243 Å². The van der Waals surface area contributed by atoms with E-state index in [0.29, 0.717) is 5.69 Å². The van der Waals surface area contributed by atoms with Crippen LogP contribution in [0, 0.1) is 5.82 Å². The van der Waals surface area contributed by atoms with Gasteiger partial charge in [0.1, 0.15) is 5.82 Å². The second-order valence-electron chi connectivity index (χ2n) is 7.99. The number of amides is 2. The summed E-state index contributed by atoms with van der Waals surface area (Å²) in [7, 11) is 0. The third-order valence-corrected chi connectivity index (χ3v) is 7.28. The van der Waals surface area contributed by atoms with Crippen LogP contribution in [0.15, 0.2) is 65.8 Å². The highest BCUT2D eigenvalue weighted by Crippen LogP contribution is 2.35. The molecule has 0 bridgehead atoms. The number of hydrogen-bond acceptors (Lipinski definition) is 5. The van der Waals surface area contributed by atoms with Gasteiger partial charge in [-0.25, -0.2) is 4.39 Å². The first kappa shape index (κ1) is 29.7. The summed E-state index contributed by atoms with van der Waals surface area (Å²) in [4.78, 5) is 25.2. The molecule has 7 nitrogen and oxygen atoms in total. The van der Waals surface area contributed by atoms with E-state index in [0.717, 1.165) is 30.0 Å². The van der Waals surface area contributed by atoms with Crippen molar-refractivity contribution in [2.75, 3.05) is 11.1 Å². The van der Waals surface area contributed by atoms with Crippen molar-refractivity contribution in [2.24, 2.45) is 0 Å². The van der Waals surface area contributed by atoms with Gasteiger partial charge in [0.05, 0.1) is 49.9 Å². The van der Waals surface area contributed by atoms with Gasteiger partial charge in [0.25, 0.3) is 5.91 Å². The molecule has 4 rings (SSSR count). The van der Waals surface area contributed by atoms with Gasteiger partial charge in [-0.2, -0.15) is 13.2 Å². The summed E-state index contributed by atoms with van der Waals surface area (Å²) in [6, 6.07) is 13.0. The largest absolute Gasteiger partial charge is 0.418 e. The van der Waals surface area contributed by atoms with Crippen LogP contribution in [0.3, 0.4) is 0 Å². The summed E-state index contributed by atoms with van der Waals surface area (Å²) in [5.74, 6) is -2.50. The highest BCUT2D eigenvalue weighted by molar-refractivity contribution is 7.99. The third kappa shape index (κ3) is 6.87. The summed E-state index contributed by atoms with van der Waals surface area (Å²) in [6.45, 7) is -0.234. The lowest BCUT2D eigenvalue weighted by Gasteiger charge is -2.14. The molecule has 0 spiro atoms. The summed E-state index contributed by atoms with van der Waals surface area (Å²) in [6.07, 6.45) is -4.66. The molecule has 40 heavy (non-hydrogen) atoms. The van der Waals surface area contributed by atoms with E-state index in [1.807, 2.05) is 0 Å². The molecule has 0 aliphatic rings. The zero-order chi connectivity index (χ0) is 29.0. The van der Waals surface area contributed by atoms with E-state index < -0.39 is 29.4 Å². The molecular weight excluding hydrogens is 617 g/mol. The minimum atomic E-state index is -4.66. The lowest BCUT2D eigenvalue weighted by molar-refractivity contribution is -0.137. The Hall–Kier alpha value is -3.32. The van der Waals surface area contributed by atoms with Crippen LogP contribution >= 0.6 is 46.6 Å². The molecule has 0 saturated carbocycles. The number of halogens is 7. The van der Waals surface area contributed by atoms with E-state index in [2.05, 4.69) is 20.8 Å². The molecule has 2 N–H and O–H groups in total. The van der Waals surface area contributed by atoms with Crippen molar-refractivity contribution in [1.29, 1.82) is 0 Å². The average molecular weight is 633 g/mol. The highest BCUT2D eigenvalue weighted by Gasteiger charge is 2.33. The lowest BCUT2D eigenvalue weighted by Crippen LogP contribution is -2.26. The van der Waals surface area contributed by atoms with Gasteiger partial charge < -0.3 is 10.6 Å². The molecule has 1 aromatic heterocycles. The van der Waals surface area contributed by atoms with Gasteiger partial charge in [-0.05, 0) is 42.5 Å². The highest BCUT2D eigenvalue weighted by atomic mass is 35.5. The molecule has 0 radical (unpaired) electrons. The maximum absolute atomic E-state index is 14.2. The van der Waals surface area contributed by atoms with Crippen LogP contribution in [-0.2, 0) is 17.5 Å². The lowest BCUT2D eigenvalue weighted by atomic mass is 10.1. The van der Waals surface area contributed by atoms with Crippen LogP contribution in [0.1, 0.15) is 21.7 Å². The molecule has 0 atom stereocenters. The summed E-state index contributed by atoms with van der Waals surface area (Å²) in [5.41, 5.74) is -1.31.